The third-order valence-corrected chi connectivity index (χ3v) is 8.95. The lowest BCUT2D eigenvalue weighted by atomic mass is 9.97. The Hall–Kier alpha value is -6.58. The number of ether oxygens (including phenoxy) is 2. The van der Waals surface area contributed by atoms with Gasteiger partial charge < -0.3 is 14.4 Å². The van der Waals surface area contributed by atoms with Gasteiger partial charge in [0.05, 0.1) is 19.9 Å². The van der Waals surface area contributed by atoms with E-state index in [0.29, 0.717) is 0 Å². The maximum atomic E-state index is 5.35. The zero-order chi connectivity index (χ0) is 34.8. The molecule has 7 aromatic carbocycles. The molecule has 0 atom stereocenters. The predicted octanol–water partition coefficient (Wildman–Crippen LogP) is 12.4. The van der Waals surface area contributed by atoms with Gasteiger partial charge in [-0.1, -0.05) is 152 Å². The lowest BCUT2D eigenvalue weighted by Crippen LogP contribution is -2.11. The molecule has 0 N–H and O–H groups in total. The van der Waals surface area contributed by atoms with Gasteiger partial charge >= 0.3 is 0 Å². The quantitative estimate of drug-likeness (QED) is 0.129. The van der Waals surface area contributed by atoms with Gasteiger partial charge in [0.15, 0.2) is 0 Å². The fourth-order valence-corrected chi connectivity index (χ4v) is 6.18. The van der Waals surface area contributed by atoms with Crippen LogP contribution >= 0.6 is 0 Å². The normalized spacial score (nSPS) is 11.2. The van der Waals surface area contributed by atoms with E-state index >= 15 is 0 Å². The molecular formula is C48H39NO2. The summed E-state index contributed by atoms with van der Waals surface area (Å²) in [5.74, 6) is 1.70. The Balaban J connectivity index is 1.33. The van der Waals surface area contributed by atoms with Gasteiger partial charge in [-0.05, 0) is 81.2 Å². The van der Waals surface area contributed by atoms with Gasteiger partial charge in [0.25, 0.3) is 0 Å². The summed E-state index contributed by atoms with van der Waals surface area (Å²) in [4.78, 5) is 2.33. The number of fused-ring (bicyclic) bond motifs is 1. The SMILES string of the molecule is COc1ccc(C=Cc2ccc(N(C=C(c3ccccc3)c3ccccc3)c3ccc(C=Cc4ccc(OC)cc4)c4ccccc34)cc2)cc1. The fourth-order valence-electron chi connectivity index (χ4n) is 6.18. The van der Waals surface area contributed by atoms with E-state index in [-0.39, 0.29) is 0 Å². The highest BCUT2D eigenvalue weighted by Gasteiger charge is 2.15. The molecule has 0 aromatic heterocycles. The first-order valence-electron chi connectivity index (χ1n) is 17.1. The zero-order valence-corrected chi connectivity index (χ0v) is 28.8. The van der Waals surface area contributed by atoms with Gasteiger partial charge in [0, 0.05) is 22.8 Å². The monoisotopic (exact) mass is 661 g/mol. The van der Waals surface area contributed by atoms with E-state index in [1.165, 1.54) is 5.39 Å². The Kier molecular flexibility index (Phi) is 10.2. The molecule has 0 aliphatic heterocycles. The number of hydrogen-bond acceptors (Lipinski definition) is 3. The van der Waals surface area contributed by atoms with E-state index in [1.807, 2.05) is 24.3 Å². The van der Waals surface area contributed by atoms with Crippen LogP contribution in [0.3, 0.4) is 0 Å². The van der Waals surface area contributed by atoms with E-state index in [2.05, 4.69) is 181 Å². The molecule has 0 fully saturated rings. The topological polar surface area (TPSA) is 21.7 Å². The third-order valence-electron chi connectivity index (χ3n) is 8.95. The minimum atomic E-state index is 0.849. The summed E-state index contributed by atoms with van der Waals surface area (Å²) in [6.45, 7) is 0. The minimum absolute atomic E-state index is 0.849. The molecule has 0 amide bonds. The number of nitrogens with zero attached hydrogens (tertiary/aromatic N) is 1. The van der Waals surface area contributed by atoms with Crippen molar-refractivity contribution in [3.8, 4) is 11.5 Å². The molecule has 0 radical (unpaired) electrons. The van der Waals surface area contributed by atoms with Crippen LogP contribution in [0.2, 0.25) is 0 Å². The Morgan fingerprint density at radius 1 is 0.431 bits per heavy atom. The van der Waals surface area contributed by atoms with Crippen LogP contribution in [0.4, 0.5) is 11.4 Å². The molecule has 0 aliphatic rings. The first-order chi connectivity index (χ1) is 25.2. The van der Waals surface area contributed by atoms with Crippen LogP contribution < -0.4 is 14.4 Å². The lowest BCUT2D eigenvalue weighted by molar-refractivity contribution is 0.414. The molecule has 3 heteroatoms. The second kappa shape index (κ2) is 15.8. The Morgan fingerprint density at radius 2 is 0.882 bits per heavy atom. The largest absolute Gasteiger partial charge is 0.497 e. The molecular weight excluding hydrogens is 623 g/mol. The van der Waals surface area contributed by atoms with Crippen LogP contribution in [-0.4, -0.2) is 14.2 Å². The van der Waals surface area contributed by atoms with Gasteiger partial charge in [-0.3, -0.25) is 0 Å². The molecule has 0 bridgehead atoms. The summed E-state index contributed by atoms with van der Waals surface area (Å²) in [6, 6.07) is 59.3. The molecule has 0 saturated carbocycles. The van der Waals surface area contributed by atoms with E-state index in [0.717, 1.165) is 67.2 Å². The van der Waals surface area contributed by atoms with Crippen molar-refractivity contribution >= 4 is 52.0 Å². The summed E-state index contributed by atoms with van der Waals surface area (Å²) >= 11 is 0. The van der Waals surface area contributed by atoms with Crippen LogP contribution in [-0.2, 0) is 0 Å². The zero-order valence-electron chi connectivity index (χ0n) is 28.8. The Morgan fingerprint density at radius 3 is 1.39 bits per heavy atom. The van der Waals surface area contributed by atoms with Crippen molar-refractivity contribution in [1.29, 1.82) is 0 Å². The van der Waals surface area contributed by atoms with Crippen LogP contribution in [0.5, 0.6) is 11.5 Å². The highest BCUT2D eigenvalue weighted by molar-refractivity contribution is 6.03. The van der Waals surface area contributed by atoms with Crippen LogP contribution in [0.25, 0.3) is 40.6 Å². The summed E-state index contributed by atoms with van der Waals surface area (Å²) in [5, 5.41) is 2.34. The minimum Gasteiger partial charge on any atom is -0.497 e. The van der Waals surface area contributed by atoms with Crippen molar-refractivity contribution in [3.05, 3.63) is 209 Å². The van der Waals surface area contributed by atoms with Gasteiger partial charge in [-0.25, -0.2) is 0 Å². The average molecular weight is 662 g/mol. The Labute approximate surface area is 300 Å². The van der Waals surface area contributed by atoms with Crippen LogP contribution in [0.15, 0.2) is 176 Å². The van der Waals surface area contributed by atoms with Crippen molar-refractivity contribution in [3.63, 3.8) is 0 Å². The van der Waals surface area contributed by atoms with E-state index < -0.39 is 0 Å². The molecule has 51 heavy (non-hydrogen) atoms. The van der Waals surface area contributed by atoms with E-state index in [1.54, 1.807) is 14.2 Å². The van der Waals surface area contributed by atoms with Gasteiger partial charge in [-0.2, -0.15) is 0 Å². The van der Waals surface area contributed by atoms with Crippen molar-refractivity contribution in [1.82, 2.24) is 0 Å². The fraction of sp³-hybridized carbons (Fsp3) is 0.0417. The van der Waals surface area contributed by atoms with Crippen molar-refractivity contribution in [2.75, 3.05) is 19.1 Å². The second-order valence-corrected chi connectivity index (χ2v) is 12.2. The highest BCUT2D eigenvalue weighted by Crippen LogP contribution is 2.37. The maximum Gasteiger partial charge on any atom is 0.118 e. The second-order valence-electron chi connectivity index (χ2n) is 12.2. The number of rotatable bonds is 11. The third kappa shape index (κ3) is 7.85. The Bertz CT molecular complexity index is 2240. The van der Waals surface area contributed by atoms with Gasteiger partial charge in [-0.15, -0.1) is 0 Å². The summed E-state index contributed by atoms with van der Waals surface area (Å²) in [5.41, 5.74) is 10.1. The average Bonchev–Trinajstić information content (AvgIpc) is 3.21. The summed E-state index contributed by atoms with van der Waals surface area (Å²) in [7, 11) is 3.38. The molecule has 3 nitrogen and oxygen atoms in total. The van der Waals surface area contributed by atoms with E-state index in [4.69, 9.17) is 9.47 Å². The first kappa shape index (κ1) is 32.9. The summed E-state index contributed by atoms with van der Waals surface area (Å²) in [6.07, 6.45) is 10.9. The van der Waals surface area contributed by atoms with Crippen LogP contribution in [0.1, 0.15) is 33.4 Å². The van der Waals surface area contributed by atoms with Gasteiger partial charge in [0.1, 0.15) is 11.5 Å². The van der Waals surface area contributed by atoms with Crippen molar-refractivity contribution < 1.29 is 9.47 Å². The number of benzene rings is 7. The predicted molar refractivity (Wildman–Crippen MR) is 216 cm³/mol. The van der Waals surface area contributed by atoms with Crippen molar-refractivity contribution in [2.24, 2.45) is 0 Å². The molecule has 0 spiro atoms. The molecule has 0 saturated heterocycles. The number of hydrogen-bond donors (Lipinski definition) is 0. The standard InChI is InChI=1S/C48H39NO2/c1-50-43-30-22-37(23-31-43)18-17-36-20-28-42(29-21-36)49(35-47(39-11-5-3-6-12-39)40-13-7-4-8-14-40)48-34-27-41(45-15-9-10-16-46(45)48)26-19-38-24-32-44(51-2)33-25-38/h3-35H,1-2H3. The highest BCUT2D eigenvalue weighted by atomic mass is 16.5. The smallest absolute Gasteiger partial charge is 0.118 e. The molecule has 7 aromatic rings. The molecule has 0 aliphatic carbocycles. The van der Waals surface area contributed by atoms with Gasteiger partial charge in [0.2, 0.25) is 0 Å². The lowest BCUT2D eigenvalue weighted by Gasteiger charge is -2.25. The maximum absolute atomic E-state index is 5.35. The number of anilines is 2. The summed E-state index contributed by atoms with van der Waals surface area (Å²) < 4.78 is 10.7. The van der Waals surface area contributed by atoms with Crippen molar-refractivity contribution in [2.45, 2.75) is 0 Å². The molecule has 248 valence electrons. The molecule has 7 rings (SSSR count). The van der Waals surface area contributed by atoms with Crippen LogP contribution in [0, 0.1) is 0 Å². The first-order valence-corrected chi connectivity index (χ1v) is 17.1. The molecule has 0 unspecified atom stereocenters. The molecule has 0 heterocycles. The number of methoxy groups -OCH3 is 2. The van der Waals surface area contributed by atoms with E-state index in [9.17, 15) is 0 Å².